The number of methoxy groups -OCH3 is 1. The number of guanidine groups is 1. The summed E-state index contributed by atoms with van der Waals surface area (Å²) in [4.78, 5) is 6.28. The molecule has 1 aromatic carbocycles. The summed E-state index contributed by atoms with van der Waals surface area (Å²) in [5, 5.41) is 6.18. The largest absolute Gasteiger partial charge is 0.416 e. The number of rotatable bonds is 8. The Morgan fingerprint density at radius 3 is 2.70 bits per heavy atom. The summed E-state index contributed by atoms with van der Waals surface area (Å²) in [6.07, 6.45) is -3.39. The topological polar surface area (TPSA) is 48.9 Å². The highest BCUT2D eigenvalue weighted by Crippen LogP contribution is 2.29. The standard InChI is InChI=1S/C19H27F3N4O/c1-23-18(25-11-13-26(2)12-6-14-27-3)24-10-5-8-16-7-4-9-17(15-16)19(20,21)22/h4,7,9,15H,6,10-14H2,1-3H3,(H2,23,24,25). The molecule has 2 N–H and O–H groups in total. The maximum atomic E-state index is 12.7. The van der Waals surface area contributed by atoms with Crippen molar-refractivity contribution in [1.82, 2.24) is 15.5 Å². The first-order chi connectivity index (χ1) is 12.9. The molecule has 0 aliphatic carbocycles. The number of aliphatic imine (C=N–C) groups is 1. The molecule has 1 rings (SSSR count). The number of benzene rings is 1. The molecular weight excluding hydrogens is 357 g/mol. The van der Waals surface area contributed by atoms with Gasteiger partial charge in [0.1, 0.15) is 0 Å². The van der Waals surface area contributed by atoms with Crippen LogP contribution in [0.1, 0.15) is 17.5 Å². The van der Waals surface area contributed by atoms with Crippen LogP contribution in [0.2, 0.25) is 0 Å². The van der Waals surface area contributed by atoms with Crippen molar-refractivity contribution in [2.24, 2.45) is 4.99 Å². The fourth-order valence-corrected chi connectivity index (χ4v) is 2.22. The molecule has 5 nitrogen and oxygen atoms in total. The van der Waals surface area contributed by atoms with Gasteiger partial charge in [0.25, 0.3) is 0 Å². The predicted octanol–water partition coefficient (Wildman–Crippen LogP) is 2.19. The summed E-state index contributed by atoms with van der Waals surface area (Å²) in [6.45, 7) is 3.53. The molecule has 1 aromatic rings. The Morgan fingerprint density at radius 1 is 1.26 bits per heavy atom. The SMILES string of the molecule is CN=C(NCC#Cc1cccc(C(F)(F)F)c1)NCCN(C)CCCOC. The summed E-state index contributed by atoms with van der Waals surface area (Å²) >= 11 is 0. The van der Waals surface area contributed by atoms with E-state index in [4.69, 9.17) is 4.74 Å². The van der Waals surface area contributed by atoms with Crippen LogP contribution in [0.25, 0.3) is 0 Å². The van der Waals surface area contributed by atoms with E-state index in [9.17, 15) is 13.2 Å². The number of nitrogens with zero attached hydrogens (tertiary/aromatic N) is 2. The Kier molecular flexibility index (Phi) is 10.3. The van der Waals surface area contributed by atoms with Gasteiger partial charge in [-0.15, -0.1) is 0 Å². The van der Waals surface area contributed by atoms with Gasteiger partial charge in [0.15, 0.2) is 5.96 Å². The lowest BCUT2D eigenvalue weighted by Gasteiger charge is -2.17. The lowest BCUT2D eigenvalue weighted by atomic mass is 10.1. The molecule has 0 bridgehead atoms. The third kappa shape index (κ3) is 9.87. The first kappa shape index (κ1) is 22.8. The van der Waals surface area contributed by atoms with Crippen molar-refractivity contribution < 1.29 is 17.9 Å². The van der Waals surface area contributed by atoms with Crippen LogP contribution >= 0.6 is 0 Å². The smallest absolute Gasteiger partial charge is 0.385 e. The third-order valence-corrected chi connectivity index (χ3v) is 3.66. The minimum Gasteiger partial charge on any atom is -0.385 e. The molecule has 0 atom stereocenters. The summed E-state index contributed by atoms with van der Waals surface area (Å²) in [5.74, 6) is 6.13. The minimum atomic E-state index is -4.36. The molecule has 150 valence electrons. The quantitative estimate of drug-likeness (QED) is 0.312. The molecule has 0 saturated carbocycles. The Morgan fingerprint density at radius 2 is 2.04 bits per heavy atom. The van der Waals surface area contributed by atoms with E-state index < -0.39 is 11.7 Å². The van der Waals surface area contributed by atoms with Crippen molar-refractivity contribution in [3.8, 4) is 11.8 Å². The van der Waals surface area contributed by atoms with Gasteiger partial charge in [-0.2, -0.15) is 13.2 Å². The van der Waals surface area contributed by atoms with Crippen molar-refractivity contribution in [3.63, 3.8) is 0 Å². The summed E-state index contributed by atoms with van der Waals surface area (Å²) < 4.78 is 43.0. The van der Waals surface area contributed by atoms with Crippen molar-refractivity contribution in [3.05, 3.63) is 35.4 Å². The lowest BCUT2D eigenvalue weighted by molar-refractivity contribution is -0.137. The third-order valence-electron chi connectivity index (χ3n) is 3.66. The summed E-state index contributed by atoms with van der Waals surface area (Å²) in [6, 6.07) is 4.97. The summed E-state index contributed by atoms with van der Waals surface area (Å²) in [5.41, 5.74) is -0.374. The highest BCUT2D eigenvalue weighted by molar-refractivity contribution is 5.79. The average Bonchev–Trinajstić information content (AvgIpc) is 2.63. The molecule has 0 aliphatic heterocycles. The average molecular weight is 384 g/mol. The molecule has 0 aliphatic rings. The highest BCUT2D eigenvalue weighted by atomic mass is 19.4. The molecule has 0 fully saturated rings. The van der Waals surface area contributed by atoms with Crippen molar-refractivity contribution >= 4 is 5.96 Å². The molecule has 8 heteroatoms. The Labute approximate surface area is 159 Å². The van der Waals surface area contributed by atoms with Crippen LogP contribution in [0.15, 0.2) is 29.3 Å². The number of likely N-dealkylation sites (N-methyl/N-ethyl adjacent to an activating group) is 1. The van der Waals surface area contributed by atoms with E-state index in [1.54, 1.807) is 20.2 Å². The molecular formula is C19H27F3N4O. The van der Waals surface area contributed by atoms with Crippen LogP contribution in [0.3, 0.4) is 0 Å². The van der Waals surface area contributed by atoms with Gasteiger partial charge in [-0.25, -0.2) is 0 Å². The van der Waals surface area contributed by atoms with E-state index in [-0.39, 0.29) is 6.54 Å². The fraction of sp³-hybridized carbons (Fsp3) is 0.526. The zero-order valence-electron chi connectivity index (χ0n) is 16.0. The maximum Gasteiger partial charge on any atom is 0.416 e. The number of ether oxygens (including phenoxy) is 1. The molecule has 27 heavy (non-hydrogen) atoms. The van der Waals surface area contributed by atoms with Gasteiger partial charge in [0, 0.05) is 46.0 Å². The predicted molar refractivity (Wildman–Crippen MR) is 102 cm³/mol. The molecule has 0 radical (unpaired) electrons. The second kappa shape index (κ2) is 12.2. The van der Waals surface area contributed by atoms with E-state index in [1.165, 1.54) is 6.07 Å². The molecule has 0 aromatic heterocycles. The number of hydrogen-bond acceptors (Lipinski definition) is 3. The van der Waals surface area contributed by atoms with Crippen LogP contribution < -0.4 is 10.6 Å². The van der Waals surface area contributed by atoms with Gasteiger partial charge >= 0.3 is 6.18 Å². The lowest BCUT2D eigenvalue weighted by Crippen LogP contribution is -2.41. The minimum absolute atomic E-state index is 0.277. The number of nitrogens with one attached hydrogen (secondary N) is 2. The van der Waals surface area contributed by atoms with E-state index in [0.717, 1.165) is 38.2 Å². The number of hydrogen-bond donors (Lipinski definition) is 2. The van der Waals surface area contributed by atoms with Crippen molar-refractivity contribution in [1.29, 1.82) is 0 Å². The van der Waals surface area contributed by atoms with Crippen LogP contribution in [-0.4, -0.2) is 64.9 Å². The van der Waals surface area contributed by atoms with Crippen LogP contribution in [0.4, 0.5) is 13.2 Å². The second-order valence-corrected chi connectivity index (χ2v) is 5.88. The van der Waals surface area contributed by atoms with Gasteiger partial charge in [0.2, 0.25) is 0 Å². The van der Waals surface area contributed by atoms with Crippen molar-refractivity contribution in [2.75, 3.05) is 54.0 Å². The van der Waals surface area contributed by atoms with E-state index in [0.29, 0.717) is 18.1 Å². The first-order valence-electron chi connectivity index (χ1n) is 8.65. The Hall–Kier alpha value is -2.24. The zero-order valence-corrected chi connectivity index (χ0v) is 16.0. The fourth-order valence-electron chi connectivity index (χ4n) is 2.22. The molecule has 0 heterocycles. The zero-order chi connectivity index (χ0) is 20.1. The monoisotopic (exact) mass is 384 g/mol. The Bertz CT molecular complexity index is 650. The maximum absolute atomic E-state index is 12.7. The van der Waals surface area contributed by atoms with E-state index in [2.05, 4.69) is 32.4 Å². The molecule has 0 amide bonds. The normalized spacial score (nSPS) is 11.9. The van der Waals surface area contributed by atoms with Crippen LogP contribution in [0.5, 0.6) is 0 Å². The van der Waals surface area contributed by atoms with Gasteiger partial charge < -0.3 is 20.3 Å². The van der Waals surface area contributed by atoms with Crippen molar-refractivity contribution in [2.45, 2.75) is 12.6 Å². The van der Waals surface area contributed by atoms with Gasteiger partial charge in [-0.05, 0) is 31.7 Å². The Balaban J connectivity index is 2.37. The van der Waals surface area contributed by atoms with E-state index in [1.807, 2.05) is 7.05 Å². The molecule has 0 unspecified atom stereocenters. The van der Waals surface area contributed by atoms with Crippen LogP contribution in [0, 0.1) is 11.8 Å². The summed E-state index contributed by atoms with van der Waals surface area (Å²) in [7, 11) is 5.37. The van der Waals surface area contributed by atoms with Crippen LogP contribution in [-0.2, 0) is 10.9 Å². The molecule has 0 spiro atoms. The first-order valence-corrected chi connectivity index (χ1v) is 8.65. The van der Waals surface area contributed by atoms with E-state index >= 15 is 0 Å². The van der Waals surface area contributed by atoms with Gasteiger partial charge in [0.05, 0.1) is 12.1 Å². The van der Waals surface area contributed by atoms with Gasteiger partial charge in [-0.1, -0.05) is 17.9 Å². The highest BCUT2D eigenvalue weighted by Gasteiger charge is 2.30. The van der Waals surface area contributed by atoms with Gasteiger partial charge in [-0.3, -0.25) is 4.99 Å². The molecule has 0 saturated heterocycles. The second-order valence-electron chi connectivity index (χ2n) is 5.88. The number of halogens is 3. The number of alkyl halides is 3.